The Hall–Kier alpha value is -3.45. The van der Waals surface area contributed by atoms with Crippen LogP contribution in [0.2, 0.25) is 0 Å². The van der Waals surface area contributed by atoms with Gasteiger partial charge in [-0.1, -0.05) is 36.0 Å². The zero-order valence-corrected chi connectivity index (χ0v) is 17.9. The Bertz CT molecular complexity index is 1130. The predicted octanol–water partition coefficient (Wildman–Crippen LogP) is 5.06. The molecule has 31 heavy (non-hydrogen) atoms. The number of hydrogen-bond donors (Lipinski definition) is 1. The van der Waals surface area contributed by atoms with E-state index in [0.717, 1.165) is 34.2 Å². The quantitative estimate of drug-likeness (QED) is 0.559. The first-order valence-electron chi connectivity index (χ1n) is 9.66. The number of imide groups is 1. The maximum absolute atomic E-state index is 11.8. The molecule has 0 aliphatic carbocycles. The van der Waals surface area contributed by atoms with Crippen LogP contribution >= 0.6 is 11.8 Å². The molecule has 158 valence electrons. The summed E-state index contributed by atoms with van der Waals surface area (Å²) < 4.78 is 16.9. The first kappa shape index (κ1) is 20.8. The summed E-state index contributed by atoms with van der Waals surface area (Å²) in [6.07, 6.45) is 0.461. The molecule has 0 radical (unpaired) electrons. The van der Waals surface area contributed by atoms with Gasteiger partial charge in [0.15, 0.2) is 0 Å². The largest absolute Gasteiger partial charge is 0.497 e. The summed E-state index contributed by atoms with van der Waals surface area (Å²) in [6, 6.07) is 20.9. The second-order valence-corrected chi connectivity index (χ2v) is 8.11. The van der Waals surface area contributed by atoms with Gasteiger partial charge in [0.05, 0.1) is 19.5 Å². The lowest BCUT2D eigenvalue weighted by Crippen LogP contribution is -2.25. The molecule has 1 N–H and O–H groups in total. The Balaban J connectivity index is 1.53. The van der Waals surface area contributed by atoms with Crippen molar-refractivity contribution in [1.29, 1.82) is 0 Å². The topological polar surface area (TPSA) is 73.9 Å². The lowest BCUT2D eigenvalue weighted by atomic mass is 10.0. The van der Waals surface area contributed by atoms with Crippen molar-refractivity contribution in [2.24, 2.45) is 0 Å². The Kier molecular flexibility index (Phi) is 6.13. The Labute approximate surface area is 184 Å². The zero-order valence-electron chi connectivity index (χ0n) is 17.1. The standard InChI is InChI=1S/C24H21NO5S/c1-28-17-9-10-20(21(14-17)29-2)16-6-4-8-19(13-16)30-18-7-3-5-15(11-18)12-22-23(26)25-24(27)31-22/h3-11,13-14,22H,12H2,1-2H3,(H,25,26,27). The fourth-order valence-corrected chi connectivity index (χ4v) is 4.24. The smallest absolute Gasteiger partial charge is 0.286 e. The molecule has 0 spiro atoms. The number of ether oxygens (including phenoxy) is 3. The van der Waals surface area contributed by atoms with Crippen molar-refractivity contribution in [2.45, 2.75) is 11.7 Å². The minimum absolute atomic E-state index is 0.248. The molecule has 2 amide bonds. The van der Waals surface area contributed by atoms with Crippen LogP contribution < -0.4 is 19.5 Å². The second kappa shape index (κ2) is 9.14. The van der Waals surface area contributed by atoms with Gasteiger partial charge in [0.1, 0.15) is 23.0 Å². The maximum Gasteiger partial charge on any atom is 0.286 e. The van der Waals surface area contributed by atoms with Gasteiger partial charge in [-0.2, -0.15) is 0 Å². The minimum atomic E-state index is -0.409. The van der Waals surface area contributed by atoms with Crippen molar-refractivity contribution in [3.05, 3.63) is 72.3 Å². The Morgan fingerprint density at radius 2 is 1.65 bits per heavy atom. The van der Waals surface area contributed by atoms with Crippen LogP contribution in [0.4, 0.5) is 4.79 Å². The second-order valence-electron chi connectivity index (χ2n) is 6.93. The number of carbonyl (C=O) groups is 2. The van der Waals surface area contributed by atoms with E-state index < -0.39 is 5.25 Å². The monoisotopic (exact) mass is 435 g/mol. The molecule has 1 saturated heterocycles. The number of carbonyl (C=O) groups excluding carboxylic acids is 2. The highest BCUT2D eigenvalue weighted by Crippen LogP contribution is 2.35. The summed E-state index contributed by atoms with van der Waals surface area (Å²) in [6.45, 7) is 0. The molecule has 7 heteroatoms. The molecule has 0 aromatic heterocycles. The van der Waals surface area contributed by atoms with E-state index in [1.165, 1.54) is 0 Å². The van der Waals surface area contributed by atoms with Gasteiger partial charge in [-0.3, -0.25) is 14.9 Å². The predicted molar refractivity (Wildman–Crippen MR) is 120 cm³/mol. The van der Waals surface area contributed by atoms with E-state index in [4.69, 9.17) is 14.2 Å². The molecule has 4 rings (SSSR count). The van der Waals surface area contributed by atoms with Crippen molar-refractivity contribution in [3.8, 4) is 34.1 Å². The molecule has 0 saturated carbocycles. The van der Waals surface area contributed by atoms with Gasteiger partial charge in [-0.15, -0.1) is 0 Å². The van der Waals surface area contributed by atoms with Crippen molar-refractivity contribution >= 4 is 22.9 Å². The number of thioether (sulfide) groups is 1. The highest BCUT2D eigenvalue weighted by molar-refractivity contribution is 8.15. The van der Waals surface area contributed by atoms with Gasteiger partial charge >= 0.3 is 0 Å². The highest BCUT2D eigenvalue weighted by Gasteiger charge is 2.31. The Morgan fingerprint density at radius 3 is 2.35 bits per heavy atom. The fraction of sp³-hybridized carbons (Fsp3) is 0.167. The summed E-state index contributed by atoms with van der Waals surface area (Å²) in [5.41, 5.74) is 2.80. The molecule has 1 unspecified atom stereocenters. The number of benzene rings is 3. The fourth-order valence-electron chi connectivity index (χ4n) is 3.38. The van der Waals surface area contributed by atoms with Crippen molar-refractivity contribution < 1.29 is 23.8 Å². The Morgan fingerprint density at radius 1 is 0.871 bits per heavy atom. The molecular formula is C24H21NO5S. The van der Waals surface area contributed by atoms with Crippen LogP contribution in [0.3, 0.4) is 0 Å². The van der Waals surface area contributed by atoms with E-state index in [2.05, 4.69) is 5.32 Å². The van der Waals surface area contributed by atoms with Gasteiger partial charge in [-0.05, 0) is 53.9 Å². The van der Waals surface area contributed by atoms with E-state index in [0.29, 0.717) is 23.7 Å². The summed E-state index contributed by atoms with van der Waals surface area (Å²) in [5, 5.41) is 1.61. The van der Waals surface area contributed by atoms with Crippen molar-refractivity contribution in [2.75, 3.05) is 14.2 Å². The molecule has 1 fully saturated rings. The van der Waals surface area contributed by atoms with Crippen LogP contribution in [-0.2, 0) is 11.2 Å². The van der Waals surface area contributed by atoms with E-state index in [9.17, 15) is 9.59 Å². The van der Waals surface area contributed by atoms with Gasteiger partial charge in [0, 0.05) is 11.6 Å². The summed E-state index contributed by atoms with van der Waals surface area (Å²) in [5.74, 6) is 2.52. The van der Waals surface area contributed by atoms with E-state index in [-0.39, 0.29) is 11.1 Å². The average Bonchev–Trinajstić information content (AvgIpc) is 3.10. The molecule has 6 nitrogen and oxygen atoms in total. The first-order chi connectivity index (χ1) is 15.1. The van der Waals surface area contributed by atoms with E-state index >= 15 is 0 Å². The molecule has 0 bridgehead atoms. The van der Waals surface area contributed by atoms with Crippen LogP contribution in [0, 0.1) is 0 Å². The number of methoxy groups -OCH3 is 2. The summed E-state index contributed by atoms with van der Waals surface area (Å²) in [4.78, 5) is 23.2. The summed E-state index contributed by atoms with van der Waals surface area (Å²) >= 11 is 1.02. The van der Waals surface area contributed by atoms with Crippen LogP contribution in [0.25, 0.3) is 11.1 Å². The third-order valence-electron chi connectivity index (χ3n) is 4.88. The van der Waals surface area contributed by atoms with Gasteiger partial charge < -0.3 is 14.2 Å². The third kappa shape index (κ3) is 4.83. The molecule has 3 aromatic rings. The highest BCUT2D eigenvalue weighted by atomic mass is 32.2. The first-order valence-corrected chi connectivity index (χ1v) is 10.5. The number of rotatable bonds is 7. The SMILES string of the molecule is COc1ccc(-c2cccc(Oc3cccc(CC4SC(=O)NC4=O)c3)c2)c(OC)c1. The number of hydrogen-bond acceptors (Lipinski definition) is 6. The lowest BCUT2D eigenvalue weighted by Gasteiger charge is -2.13. The third-order valence-corrected chi connectivity index (χ3v) is 5.86. The van der Waals surface area contributed by atoms with Crippen LogP contribution in [-0.4, -0.2) is 30.6 Å². The van der Waals surface area contributed by atoms with Crippen LogP contribution in [0.15, 0.2) is 66.7 Å². The normalized spacial score (nSPS) is 15.5. The van der Waals surface area contributed by atoms with Gasteiger partial charge in [-0.25, -0.2) is 0 Å². The van der Waals surface area contributed by atoms with Crippen molar-refractivity contribution in [3.63, 3.8) is 0 Å². The molecular weight excluding hydrogens is 414 g/mol. The van der Waals surface area contributed by atoms with E-state index in [1.54, 1.807) is 14.2 Å². The number of nitrogens with one attached hydrogen (secondary N) is 1. The maximum atomic E-state index is 11.8. The summed E-state index contributed by atoms with van der Waals surface area (Å²) in [7, 11) is 3.24. The molecule has 1 aliphatic rings. The average molecular weight is 436 g/mol. The van der Waals surface area contributed by atoms with Gasteiger partial charge in [0.2, 0.25) is 5.91 Å². The van der Waals surface area contributed by atoms with Crippen LogP contribution in [0.1, 0.15) is 5.56 Å². The lowest BCUT2D eigenvalue weighted by molar-refractivity contribution is -0.118. The van der Waals surface area contributed by atoms with Crippen molar-refractivity contribution in [1.82, 2.24) is 5.32 Å². The molecule has 1 aliphatic heterocycles. The molecule has 3 aromatic carbocycles. The minimum Gasteiger partial charge on any atom is -0.497 e. The van der Waals surface area contributed by atoms with Crippen LogP contribution in [0.5, 0.6) is 23.0 Å². The molecule has 1 heterocycles. The van der Waals surface area contributed by atoms with Gasteiger partial charge in [0.25, 0.3) is 5.24 Å². The van der Waals surface area contributed by atoms with E-state index in [1.807, 2.05) is 66.7 Å². The zero-order chi connectivity index (χ0) is 21.8. The molecule has 1 atom stereocenters. The number of amides is 2.